The highest BCUT2D eigenvalue weighted by Crippen LogP contribution is 2.18. The first-order chi connectivity index (χ1) is 9.19. The Hall–Kier alpha value is -1.02. The monoisotopic (exact) mass is 263 g/mol. The van der Waals surface area contributed by atoms with Crippen LogP contribution in [0.1, 0.15) is 52.0 Å². The zero-order chi connectivity index (χ0) is 14.1. The van der Waals surface area contributed by atoms with Gasteiger partial charge in [0.25, 0.3) is 0 Å². The van der Waals surface area contributed by atoms with Crippen LogP contribution in [0.2, 0.25) is 0 Å². The molecule has 0 fully saturated rings. The van der Waals surface area contributed by atoms with E-state index < -0.39 is 0 Å². The van der Waals surface area contributed by atoms with Crippen LogP contribution in [0.25, 0.3) is 0 Å². The van der Waals surface area contributed by atoms with Gasteiger partial charge in [-0.25, -0.2) is 0 Å². The van der Waals surface area contributed by atoms with Crippen LogP contribution in [-0.2, 0) is 6.42 Å². The normalized spacial score (nSPS) is 14.1. The van der Waals surface area contributed by atoms with E-state index in [1.165, 1.54) is 24.1 Å². The highest BCUT2D eigenvalue weighted by Gasteiger charge is 2.10. The van der Waals surface area contributed by atoms with E-state index in [9.17, 15) is 0 Å². The van der Waals surface area contributed by atoms with Crippen LogP contribution in [0.5, 0.6) is 0 Å². The molecule has 0 amide bonds. The maximum Gasteiger partial charge on any atom is 0.0434 e. The van der Waals surface area contributed by atoms with Crippen LogP contribution in [-0.4, -0.2) is 17.8 Å². The Morgan fingerprint density at radius 3 is 2.63 bits per heavy atom. The van der Waals surface area contributed by atoms with Gasteiger partial charge in [-0.1, -0.05) is 39.3 Å². The van der Waals surface area contributed by atoms with Gasteiger partial charge in [0.2, 0.25) is 0 Å². The molecule has 1 rings (SSSR count). The third-order valence-corrected chi connectivity index (χ3v) is 3.80. The lowest BCUT2D eigenvalue weighted by molar-refractivity contribution is 0.288. The number of aliphatic hydroxyl groups is 1. The molecule has 2 atom stereocenters. The van der Waals surface area contributed by atoms with Crippen molar-refractivity contribution in [2.75, 3.05) is 11.9 Å². The quantitative estimate of drug-likeness (QED) is 0.698. The smallest absolute Gasteiger partial charge is 0.0434 e. The van der Waals surface area contributed by atoms with Crippen LogP contribution in [0.15, 0.2) is 24.3 Å². The van der Waals surface area contributed by atoms with Crippen molar-refractivity contribution in [1.29, 1.82) is 0 Å². The van der Waals surface area contributed by atoms with Gasteiger partial charge in [0.1, 0.15) is 0 Å². The molecule has 0 aromatic heterocycles. The van der Waals surface area contributed by atoms with Crippen molar-refractivity contribution in [2.24, 2.45) is 5.92 Å². The Morgan fingerprint density at radius 1 is 1.21 bits per heavy atom. The molecule has 0 radical (unpaired) electrons. The molecule has 0 saturated heterocycles. The molecule has 0 bridgehead atoms. The fourth-order valence-electron chi connectivity index (χ4n) is 2.32. The van der Waals surface area contributed by atoms with Crippen molar-refractivity contribution >= 4 is 5.69 Å². The maximum atomic E-state index is 8.89. The molecule has 0 heterocycles. The number of hydrogen-bond donors (Lipinski definition) is 2. The van der Waals surface area contributed by atoms with Crippen molar-refractivity contribution in [3.8, 4) is 0 Å². The first kappa shape index (κ1) is 16.0. The minimum absolute atomic E-state index is 0.267. The number of anilines is 1. The average Bonchev–Trinajstić information content (AvgIpc) is 2.44. The summed E-state index contributed by atoms with van der Waals surface area (Å²) in [5, 5.41) is 12.5. The van der Waals surface area contributed by atoms with Crippen LogP contribution in [0.3, 0.4) is 0 Å². The molecule has 0 aliphatic carbocycles. The Morgan fingerprint density at radius 2 is 2.00 bits per heavy atom. The molecule has 1 aromatic rings. The van der Waals surface area contributed by atoms with E-state index in [1.807, 2.05) is 0 Å². The predicted molar refractivity (Wildman–Crippen MR) is 83.6 cm³/mol. The summed E-state index contributed by atoms with van der Waals surface area (Å²) >= 11 is 0. The largest absolute Gasteiger partial charge is 0.396 e. The molecule has 0 aliphatic heterocycles. The summed E-state index contributed by atoms with van der Waals surface area (Å²) in [4.78, 5) is 0. The van der Waals surface area contributed by atoms with E-state index >= 15 is 0 Å². The topological polar surface area (TPSA) is 32.3 Å². The minimum Gasteiger partial charge on any atom is -0.396 e. The van der Waals surface area contributed by atoms with Gasteiger partial charge < -0.3 is 10.4 Å². The first-order valence-electron chi connectivity index (χ1n) is 7.65. The third kappa shape index (κ3) is 6.11. The van der Waals surface area contributed by atoms with E-state index in [2.05, 4.69) is 50.4 Å². The Bertz CT molecular complexity index is 351. The van der Waals surface area contributed by atoms with Crippen molar-refractivity contribution in [3.63, 3.8) is 0 Å². The summed E-state index contributed by atoms with van der Waals surface area (Å²) in [6, 6.07) is 9.15. The number of aryl methyl sites for hydroxylation is 1. The zero-order valence-electron chi connectivity index (χ0n) is 12.7. The summed E-state index contributed by atoms with van der Waals surface area (Å²) in [7, 11) is 0. The third-order valence-electron chi connectivity index (χ3n) is 3.80. The first-order valence-corrected chi connectivity index (χ1v) is 7.65. The number of rotatable bonds is 9. The average molecular weight is 263 g/mol. The minimum atomic E-state index is 0.267. The Balaban J connectivity index is 2.58. The van der Waals surface area contributed by atoms with Crippen molar-refractivity contribution in [2.45, 2.75) is 58.9 Å². The second-order valence-electron chi connectivity index (χ2n) is 5.53. The number of nitrogens with one attached hydrogen (secondary N) is 1. The molecular formula is C17H29NO. The number of hydrogen-bond acceptors (Lipinski definition) is 2. The van der Waals surface area contributed by atoms with Gasteiger partial charge in [0.05, 0.1) is 0 Å². The highest BCUT2D eigenvalue weighted by molar-refractivity contribution is 5.46. The molecule has 19 heavy (non-hydrogen) atoms. The van der Waals surface area contributed by atoms with E-state index in [1.54, 1.807) is 0 Å². The van der Waals surface area contributed by atoms with Gasteiger partial charge in [-0.15, -0.1) is 0 Å². The molecule has 2 N–H and O–H groups in total. The SMILES string of the molecule is CCC(C)CC(CC)Nc1cccc(CCCO)c1. The van der Waals surface area contributed by atoms with Gasteiger partial charge in [0, 0.05) is 18.3 Å². The molecule has 0 aliphatic rings. The van der Waals surface area contributed by atoms with Crippen LogP contribution in [0, 0.1) is 5.92 Å². The summed E-state index contributed by atoms with van der Waals surface area (Å²) < 4.78 is 0. The van der Waals surface area contributed by atoms with Crippen molar-refractivity contribution in [1.82, 2.24) is 0 Å². The van der Waals surface area contributed by atoms with Crippen molar-refractivity contribution < 1.29 is 5.11 Å². The molecule has 0 spiro atoms. The molecule has 0 saturated carbocycles. The van der Waals surface area contributed by atoms with E-state index in [4.69, 9.17) is 5.11 Å². The maximum absolute atomic E-state index is 8.89. The van der Waals surface area contributed by atoms with Gasteiger partial charge >= 0.3 is 0 Å². The number of aliphatic hydroxyl groups excluding tert-OH is 1. The summed E-state index contributed by atoms with van der Waals surface area (Å²) in [6.45, 7) is 7.09. The highest BCUT2D eigenvalue weighted by atomic mass is 16.2. The predicted octanol–water partition coefficient (Wildman–Crippen LogP) is 4.24. The van der Waals surface area contributed by atoms with Gasteiger partial charge in [-0.05, 0) is 49.3 Å². The Kier molecular flexibility index (Phi) is 7.57. The van der Waals surface area contributed by atoms with Gasteiger partial charge in [-0.3, -0.25) is 0 Å². The Labute approximate surface area is 118 Å². The van der Waals surface area contributed by atoms with E-state index in [0.717, 1.165) is 25.2 Å². The summed E-state index contributed by atoms with van der Waals surface area (Å²) in [6.07, 6.45) is 5.43. The molecule has 2 nitrogen and oxygen atoms in total. The van der Waals surface area contributed by atoms with Crippen LogP contribution < -0.4 is 5.32 Å². The lowest BCUT2D eigenvalue weighted by atomic mass is 9.97. The van der Waals surface area contributed by atoms with Crippen molar-refractivity contribution in [3.05, 3.63) is 29.8 Å². The van der Waals surface area contributed by atoms with Crippen LogP contribution >= 0.6 is 0 Å². The van der Waals surface area contributed by atoms with Gasteiger partial charge in [-0.2, -0.15) is 0 Å². The van der Waals surface area contributed by atoms with E-state index in [0.29, 0.717) is 6.04 Å². The number of benzene rings is 1. The second-order valence-corrected chi connectivity index (χ2v) is 5.53. The van der Waals surface area contributed by atoms with Gasteiger partial charge in [0.15, 0.2) is 0 Å². The van der Waals surface area contributed by atoms with E-state index in [-0.39, 0.29) is 6.61 Å². The second kappa shape index (κ2) is 8.98. The zero-order valence-corrected chi connectivity index (χ0v) is 12.7. The molecule has 1 aromatic carbocycles. The molecular weight excluding hydrogens is 234 g/mol. The molecule has 108 valence electrons. The standard InChI is InChI=1S/C17H29NO/c1-4-14(3)12-16(5-2)18-17-10-6-8-15(13-17)9-7-11-19/h6,8,10,13-14,16,18-19H,4-5,7,9,11-12H2,1-3H3. The lowest BCUT2D eigenvalue weighted by Gasteiger charge is -2.21. The lowest BCUT2D eigenvalue weighted by Crippen LogP contribution is -2.21. The summed E-state index contributed by atoms with van der Waals surface area (Å²) in [5.41, 5.74) is 2.52. The fourth-order valence-corrected chi connectivity index (χ4v) is 2.32. The fraction of sp³-hybridized carbons (Fsp3) is 0.647. The molecule has 2 heteroatoms. The summed E-state index contributed by atoms with van der Waals surface area (Å²) in [5.74, 6) is 0.773. The molecule has 2 unspecified atom stereocenters. The van der Waals surface area contributed by atoms with Crippen LogP contribution in [0.4, 0.5) is 5.69 Å².